The molecule has 38 heavy (non-hydrogen) atoms. The third-order valence-corrected chi connectivity index (χ3v) is 7.81. The second kappa shape index (κ2) is 13.4. The third kappa shape index (κ3) is 7.45. The van der Waals surface area contributed by atoms with Crippen LogP contribution in [0, 0.1) is 5.92 Å². The standard InChI is InChI=1S/C27H40N6O5/c1-31(24-5-6-25(35)30-27(24)37)17-22-19(18-34)3-2-4-23(22)29-26(36)20-15-33(16-20)12-14-38-13-11-32-9-7-21(28)8-10-32/h2-4,18,20-21,24H,5-17,28H2,1H3,(H,29,36)(H,30,35,37). The number of hydrogen-bond donors (Lipinski definition) is 3. The molecule has 0 spiro atoms. The molecule has 3 aliphatic rings. The molecule has 1 aromatic carbocycles. The van der Waals surface area contributed by atoms with Crippen molar-refractivity contribution in [1.29, 1.82) is 0 Å². The lowest BCUT2D eigenvalue weighted by molar-refractivity contribution is -0.137. The largest absolute Gasteiger partial charge is 0.379 e. The number of carbonyl (C=O) groups is 4. The van der Waals surface area contributed by atoms with E-state index in [9.17, 15) is 19.2 Å². The number of piperidine rings is 2. The molecule has 11 heteroatoms. The summed E-state index contributed by atoms with van der Waals surface area (Å²) in [7, 11) is 1.78. The van der Waals surface area contributed by atoms with E-state index in [4.69, 9.17) is 10.5 Å². The topological polar surface area (TPSA) is 137 Å². The average Bonchev–Trinajstić information content (AvgIpc) is 2.86. The highest BCUT2D eigenvalue weighted by molar-refractivity contribution is 6.00. The molecule has 0 aliphatic carbocycles. The molecule has 3 fully saturated rings. The minimum Gasteiger partial charge on any atom is -0.379 e. The minimum absolute atomic E-state index is 0.0848. The van der Waals surface area contributed by atoms with Gasteiger partial charge < -0.3 is 20.7 Å². The zero-order chi connectivity index (χ0) is 27.1. The van der Waals surface area contributed by atoms with Crippen molar-refractivity contribution in [3.8, 4) is 0 Å². The molecule has 11 nitrogen and oxygen atoms in total. The number of anilines is 1. The van der Waals surface area contributed by atoms with E-state index in [1.54, 1.807) is 25.2 Å². The molecule has 1 unspecified atom stereocenters. The van der Waals surface area contributed by atoms with E-state index in [0.717, 1.165) is 45.3 Å². The van der Waals surface area contributed by atoms with Crippen LogP contribution in [0.2, 0.25) is 0 Å². The van der Waals surface area contributed by atoms with Crippen LogP contribution in [-0.2, 0) is 25.7 Å². The zero-order valence-corrected chi connectivity index (χ0v) is 22.2. The van der Waals surface area contributed by atoms with Crippen LogP contribution in [0.4, 0.5) is 5.69 Å². The first-order chi connectivity index (χ1) is 18.3. The third-order valence-electron chi connectivity index (χ3n) is 7.81. The number of likely N-dealkylation sites (tertiary alicyclic amines) is 2. The maximum absolute atomic E-state index is 13.0. The maximum atomic E-state index is 13.0. The lowest BCUT2D eigenvalue weighted by Gasteiger charge is -2.38. The van der Waals surface area contributed by atoms with Gasteiger partial charge in [-0.2, -0.15) is 0 Å². The van der Waals surface area contributed by atoms with Gasteiger partial charge in [-0.15, -0.1) is 0 Å². The summed E-state index contributed by atoms with van der Waals surface area (Å²) in [4.78, 5) is 54.9. The fourth-order valence-electron chi connectivity index (χ4n) is 5.29. The Kier molecular flexibility index (Phi) is 9.97. The van der Waals surface area contributed by atoms with E-state index in [1.807, 2.05) is 4.90 Å². The van der Waals surface area contributed by atoms with Crippen molar-refractivity contribution in [3.05, 3.63) is 29.3 Å². The molecule has 3 amide bonds. The molecule has 4 rings (SSSR count). The molecule has 3 saturated heterocycles. The van der Waals surface area contributed by atoms with E-state index in [0.29, 0.717) is 55.6 Å². The van der Waals surface area contributed by atoms with Crippen molar-refractivity contribution in [3.63, 3.8) is 0 Å². The number of nitrogens with one attached hydrogen (secondary N) is 2. The van der Waals surface area contributed by atoms with Gasteiger partial charge in [0.2, 0.25) is 17.7 Å². The summed E-state index contributed by atoms with van der Waals surface area (Å²) in [5.74, 6) is -0.829. The number of ether oxygens (including phenoxy) is 1. The van der Waals surface area contributed by atoms with Gasteiger partial charge in [0.15, 0.2) is 0 Å². The van der Waals surface area contributed by atoms with Crippen molar-refractivity contribution >= 4 is 29.7 Å². The van der Waals surface area contributed by atoms with Crippen LogP contribution in [0.5, 0.6) is 0 Å². The predicted molar refractivity (Wildman–Crippen MR) is 142 cm³/mol. The van der Waals surface area contributed by atoms with Gasteiger partial charge in [0.1, 0.15) is 6.29 Å². The van der Waals surface area contributed by atoms with E-state index in [2.05, 4.69) is 20.4 Å². The lowest BCUT2D eigenvalue weighted by Crippen LogP contribution is -2.53. The second-order valence-corrected chi connectivity index (χ2v) is 10.6. The Morgan fingerprint density at radius 2 is 1.87 bits per heavy atom. The molecule has 4 N–H and O–H groups in total. The molecular formula is C27H40N6O5. The van der Waals surface area contributed by atoms with E-state index >= 15 is 0 Å². The van der Waals surface area contributed by atoms with E-state index < -0.39 is 6.04 Å². The van der Waals surface area contributed by atoms with Gasteiger partial charge in [-0.1, -0.05) is 12.1 Å². The van der Waals surface area contributed by atoms with Crippen molar-refractivity contribution < 1.29 is 23.9 Å². The van der Waals surface area contributed by atoms with Crippen molar-refractivity contribution in [2.24, 2.45) is 11.7 Å². The smallest absolute Gasteiger partial charge is 0.243 e. The molecule has 0 bridgehead atoms. The van der Waals surface area contributed by atoms with Crippen molar-refractivity contribution in [2.75, 3.05) is 64.8 Å². The molecule has 208 valence electrons. The Labute approximate surface area is 224 Å². The first kappa shape index (κ1) is 28.3. The molecule has 3 heterocycles. The lowest BCUT2D eigenvalue weighted by atomic mass is 9.98. The van der Waals surface area contributed by atoms with Gasteiger partial charge in [-0.3, -0.25) is 34.3 Å². The SMILES string of the molecule is CN(Cc1c(C=O)cccc1NC(=O)C1CN(CCOCCN2CCC(N)CC2)C1)C1CCC(=O)NC1=O. The Morgan fingerprint density at radius 1 is 1.16 bits per heavy atom. The molecule has 3 aliphatic heterocycles. The number of carbonyl (C=O) groups excluding carboxylic acids is 4. The number of aldehydes is 1. The molecule has 1 atom stereocenters. The van der Waals surface area contributed by atoms with Crippen LogP contribution in [0.25, 0.3) is 0 Å². The van der Waals surface area contributed by atoms with Crippen LogP contribution in [0.1, 0.15) is 41.6 Å². The Hall–Kier alpha value is -2.70. The summed E-state index contributed by atoms with van der Waals surface area (Å²) < 4.78 is 5.80. The zero-order valence-electron chi connectivity index (χ0n) is 22.2. The summed E-state index contributed by atoms with van der Waals surface area (Å²) in [6, 6.07) is 5.07. The van der Waals surface area contributed by atoms with Gasteiger partial charge in [-0.05, 0) is 45.5 Å². The summed E-state index contributed by atoms with van der Waals surface area (Å²) in [6.45, 7) is 6.76. The second-order valence-electron chi connectivity index (χ2n) is 10.6. The normalized spacial score (nSPS) is 21.8. The van der Waals surface area contributed by atoms with Crippen LogP contribution in [-0.4, -0.2) is 110 Å². The Morgan fingerprint density at radius 3 is 2.55 bits per heavy atom. The monoisotopic (exact) mass is 528 g/mol. The van der Waals surface area contributed by atoms with Crippen LogP contribution in [0.15, 0.2) is 18.2 Å². The molecular weight excluding hydrogens is 488 g/mol. The van der Waals surface area contributed by atoms with Gasteiger partial charge in [0, 0.05) is 62.0 Å². The highest BCUT2D eigenvalue weighted by atomic mass is 16.5. The number of amides is 3. The number of imide groups is 1. The first-order valence-electron chi connectivity index (χ1n) is 13.5. The number of hydrogen-bond acceptors (Lipinski definition) is 9. The van der Waals surface area contributed by atoms with Gasteiger partial charge in [0.25, 0.3) is 0 Å². The van der Waals surface area contributed by atoms with E-state index in [1.165, 1.54) is 0 Å². The van der Waals surface area contributed by atoms with Crippen LogP contribution in [0.3, 0.4) is 0 Å². The number of likely N-dealkylation sites (N-methyl/N-ethyl adjacent to an activating group) is 1. The molecule has 0 radical (unpaired) electrons. The summed E-state index contributed by atoms with van der Waals surface area (Å²) in [6.07, 6.45) is 3.55. The van der Waals surface area contributed by atoms with Gasteiger partial charge >= 0.3 is 0 Å². The van der Waals surface area contributed by atoms with Gasteiger partial charge in [0.05, 0.1) is 25.2 Å². The number of rotatable bonds is 12. The Bertz CT molecular complexity index is 1010. The molecule has 0 aromatic heterocycles. The van der Waals surface area contributed by atoms with Crippen LogP contribution >= 0.6 is 0 Å². The Balaban J connectivity index is 1.21. The first-order valence-corrected chi connectivity index (χ1v) is 13.5. The molecule has 1 aromatic rings. The summed E-state index contributed by atoms with van der Waals surface area (Å²) >= 11 is 0. The summed E-state index contributed by atoms with van der Waals surface area (Å²) in [5, 5.41) is 5.36. The number of nitrogens with two attached hydrogens (primary N) is 1. The predicted octanol–water partition coefficient (Wildman–Crippen LogP) is 0.0461. The van der Waals surface area contributed by atoms with E-state index in [-0.39, 0.29) is 36.6 Å². The molecule has 0 saturated carbocycles. The highest BCUT2D eigenvalue weighted by Crippen LogP contribution is 2.25. The fourth-order valence-corrected chi connectivity index (χ4v) is 5.29. The van der Waals surface area contributed by atoms with Crippen molar-refractivity contribution in [2.45, 2.75) is 44.3 Å². The summed E-state index contributed by atoms with van der Waals surface area (Å²) in [5.41, 5.74) is 7.63. The fraction of sp³-hybridized carbons (Fsp3) is 0.630. The highest BCUT2D eigenvalue weighted by Gasteiger charge is 2.33. The van der Waals surface area contributed by atoms with Crippen LogP contribution < -0.4 is 16.4 Å². The number of nitrogens with zero attached hydrogens (tertiary/aromatic N) is 3. The van der Waals surface area contributed by atoms with Crippen molar-refractivity contribution in [1.82, 2.24) is 20.0 Å². The quantitative estimate of drug-likeness (QED) is 0.195. The van der Waals surface area contributed by atoms with Gasteiger partial charge in [-0.25, -0.2) is 0 Å². The average molecular weight is 529 g/mol. The maximum Gasteiger partial charge on any atom is 0.243 e. The number of benzene rings is 1. The minimum atomic E-state index is -0.475.